The van der Waals surface area contributed by atoms with Gasteiger partial charge in [-0.2, -0.15) is 5.10 Å². The normalized spacial score (nSPS) is 10.6. The molecule has 0 aliphatic heterocycles. The highest BCUT2D eigenvalue weighted by atomic mass is 79.9. The summed E-state index contributed by atoms with van der Waals surface area (Å²) >= 11 is 3.32. The van der Waals surface area contributed by atoms with E-state index in [1.807, 2.05) is 13.1 Å². The van der Waals surface area contributed by atoms with Crippen LogP contribution in [0.5, 0.6) is 0 Å². The van der Waals surface area contributed by atoms with Gasteiger partial charge >= 0.3 is 0 Å². The Morgan fingerprint density at radius 1 is 1.54 bits per heavy atom. The first-order valence-electron chi connectivity index (χ1n) is 3.83. The lowest BCUT2D eigenvalue weighted by Gasteiger charge is -1.94. The molecule has 0 saturated carbocycles. The molecule has 0 aromatic carbocycles. The van der Waals surface area contributed by atoms with Crippen LogP contribution in [0, 0.1) is 6.92 Å². The first kappa shape index (κ1) is 8.50. The molecule has 5 heteroatoms. The van der Waals surface area contributed by atoms with Gasteiger partial charge in [0, 0.05) is 13.1 Å². The summed E-state index contributed by atoms with van der Waals surface area (Å²) in [5, 5.41) is 4.10. The van der Waals surface area contributed by atoms with Crippen LogP contribution >= 0.6 is 15.9 Å². The molecule has 13 heavy (non-hydrogen) atoms. The van der Waals surface area contributed by atoms with E-state index in [1.54, 1.807) is 17.1 Å². The molecule has 2 aromatic heterocycles. The van der Waals surface area contributed by atoms with Gasteiger partial charge in [0.25, 0.3) is 0 Å². The van der Waals surface area contributed by atoms with Gasteiger partial charge in [0.05, 0.1) is 16.9 Å². The lowest BCUT2D eigenvalue weighted by atomic mass is 10.5. The van der Waals surface area contributed by atoms with Crippen molar-refractivity contribution in [2.75, 3.05) is 0 Å². The van der Waals surface area contributed by atoms with Crippen molar-refractivity contribution in [1.82, 2.24) is 14.8 Å². The number of oxazole rings is 1. The number of aryl methyl sites for hydroxylation is 1. The van der Waals surface area contributed by atoms with E-state index in [1.165, 1.54) is 0 Å². The summed E-state index contributed by atoms with van der Waals surface area (Å²) < 4.78 is 8.05. The Morgan fingerprint density at radius 2 is 2.38 bits per heavy atom. The van der Waals surface area contributed by atoms with Crippen LogP contribution in [-0.2, 0) is 6.54 Å². The first-order chi connectivity index (χ1) is 6.24. The molecule has 0 atom stereocenters. The van der Waals surface area contributed by atoms with E-state index < -0.39 is 0 Å². The van der Waals surface area contributed by atoms with Gasteiger partial charge in [-0.25, -0.2) is 4.98 Å². The van der Waals surface area contributed by atoms with E-state index in [2.05, 4.69) is 26.0 Å². The SMILES string of the molecule is Cc1ncc(Cn2cc(Br)cn2)o1. The summed E-state index contributed by atoms with van der Waals surface area (Å²) in [6.45, 7) is 2.44. The molecule has 0 aliphatic carbocycles. The van der Waals surface area contributed by atoms with Crippen LogP contribution < -0.4 is 0 Å². The summed E-state index contributed by atoms with van der Waals surface area (Å²) in [4.78, 5) is 4.00. The smallest absolute Gasteiger partial charge is 0.191 e. The quantitative estimate of drug-likeness (QED) is 0.808. The van der Waals surface area contributed by atoms with Gasteiger partial charge in [-0.15, -0.1) is 0 Å². The molecule has 68 valence electrons. The minimum Gasteiger partial charge on any atom is -0.444 e. The Labute approximate surface area is 83.7 Å². The number of halogens is 1. The van der Waals surface area contributed by atoms with Crippen molar-refractivity contribution in [2.24, 2.45) is 0 Å². The largest absolute Gasteiger partial charge is 0.444 e. The third-order valence-corrected chi connectivity index (χ3v) is 2.00. The van der Waals surface area contributed by atoms with Crippen LogP contribution in [0.2, 0.25) is 0 Å². The van der Waals surface area contributed by atoms with E-state index in [4.69, 9.17) is 4.42 Å². The number of hydrogen-bond acceptors (Lipinski definition) is 3. The number of nitrogens with zero attached hydrogens (tertiary/aromatic N) is 3. The van der Waals surface area contributed by atoms with Crippen molar-refractivity contribution in [3.8, 4) is 0 Å². The molecule has 2 heterocycles. The molecule has 0 radical (unpaired) electrons. The molecule has 2 aromatic rings. The van der Waals surface area contributed by atoms with Gasteiger partial charge in [0.2, 0.25) is 0 Å². The number of aromatic nitrogens is 3. The third kappa shape index (κ3) is 1.98. The lowest BCUT2D eigenvalue weighted by Crippen LogP contribution is -1.97. The van der Waals surface area contributed by atoms with E-state index >= 15 is 0 Å². The average Bonchev–Trinajstić information content (AvgIpc) is 2.62. The lowest BCUT2D eigenvalue weighted by molar-refractivity contribution is 0.453. The second-order valence-corrected chi connectivity index (χ2v) is 3.62. The minimum atomic E-state index is 0.618. The molecule has 0 unspecified atom stereocenters. The minimum absolute atomic E-state index is 0.618. The first-order valence-corrected chi connectivity index (χ1v) is 4.62. The van der Waals surface area contributed by atoms with Crippen LogP contribution in [0.25, 0.3) is 0 Å². The van der Waals surface area contributed by atoms with Gasteiger partial charge in [0.15, 0.2) is 5.89 Å². The molecule has 0 aliphatic rings. The summed E-state index contributed by atoms with van der Waals surface area (Å²) in [6, 6.07) is 0. The molecule has 0 saturated heterocycles. The molecule has 0 amide bonds. The Kier molecular flexibility index (Phi) is 2.18. The van der Waals surface area contributed by atoms with Gasteiger partial charge in [-0.3, -0.25) is 4.68 Å². The van der Waals surface area contributed by atoms with Crippen LogP contribution in [0.1, 0.15) is 11.7 Å². The second kappa shape index (κ2) is 3.33. The number of rotatable bonds is 2. The zero-order valence-corrected chi connectivity index (χ0v) is 8.65. The molecule has 0 bridgehead atoms. The Balaban J connectivity index is 2.14. The molecular formula is C8H8BrN3O. The van der Waals surface area contributed by atoms with Crippen LogP contribution in [0.4, 0.5) is 0 Å². The van der Waals surface area contributed by atoms with E-state index in [0.29, 0.717) is 12.4 Å². The molecule has 4 nitrogen and oxygen atoms in total. The fourth-order valence-electron chi connectivity index (χ4n) is 1.06. The highest BCUT2D eigenvalue weighted by molar-refractivity contribution is 9.10. The predicted octanol–water partition coefficient (Wildman–Crippen LogP) is 1.99. The summed E-state index contributed by atoms with van der Waals surface area (Å²) in [5.41, 5.74) is 0. The monoisotopic (exact) mass is 241 g/mol. The van der Waals surface area contributed by atoms with Gasteiger partial charge < -0.3 is 4.42 Å². The van der Waals surface area contributed by atoms with Gasteiger partial charge in [0.1, 0.15) is 12.3 Å². The predicted molar refractivity (Wildman–Crippen MR) is 50.3 cm³/mol. The molecule has 0 N–H and O–H groups in total. The van der Waals surface area contributed by atoms with Crippen molar-refractivity contribution >= 4 is 15.9 Å². The maximum absolute atomic E-state index is 5.31. The van der Waals surface area contributed by atoms with E-state index in [9.17, 15) is 0 Å². The highest BCUT2D eigenvalue weighted by Gasteiger charge is 2.01. The Morgan fingerprint density at radius 3 is 2.92 bits per heavy atom. The average molecular weight is 242 g/mol. The summed E-state index contributed by atoms with van der Waals surface area (Å²) in [6.07, 6.45) is 5.34. The summed E-state index contributed by atoms with van der Waals surface area (Å²) in [7, 11) is 0. The molecule has 0 fully saturated rings. The van der Waals surface area contributed by atoms with Crippen LogP contribution in [-0.4, -0.2) is 14.8 Å². The van der Waals surface area contributed by atoms with Crippen molar-refractivity contribution < 1.29 is 4.42 Å². The van der Waals surface area contributed by atoms with Crippen molar-refractivity contribution in [1.29, 1.82) is 0 Å². The van der Waals surface area contributed by atoms with Crippen molar-refractivity contribution in [3.05, 3.63) is 34.7 Å². The highest BCUT2D eigenvalue weighted by Crippen LogP contribution is 2.09. The molecule has 0 spiro atoms. The Hall–Kier alpha value is -1.10. The second-order valence-electron chi connectivity index (χ2n) is 2.70. The zero-order chi connectivity index (χ0) is 9.26. The Bertz CT molecular complexity index is 369. The van der Waals surface area contributed by atoms with Crippen molar-refractivity contribution in [2.45, 2.75) is 13.5 Å². The van der Waals surface area contributed by atoms with Gasteiger partial charge in [-0.05, 0) is 15.9 Å². The standard InChI is InChI=1S/C8H8BrN3O/c1-6-10-3-8(13-6)5-12-4-7(9)2-11-12/h2-4H,5H2,1H3. The fraction of sp³-hybridized carbons (Fsp3) is 0.250. The zero-order valence-electron chi connectivity index (χ0n) is 7.07. The van der Waals surface area contributed by atoms with Crippen LogP contribution in [0.15, 0.2) is 27.5 Å². The number of hydrogen-bond donors (Lipinski definition) is 0. The third-order valence-electron chi connectivity index (χ3n) is 1.59. The maximum atomic E-state index is 5.31. The fourth-order valence-corrected chi connectivity index (χ4v) is 1.39. The summed E-state index contributed by atoms with van der Waals surface area (Å²) in [5.74, 6) is 1.49. The van der Waals surface area contributed by atoms with E-state index in [-0.39, 0.29) is 0 Å². The van der Waals surface area contributed by atoms with Crippen LogP contribution in [0.3, 0.4) is 0 Å². The van der Waals surface area contributed by atoms with Gasteiger partial charge in [-0.1, -0.05) is 0 Å². The molecular weight excluding hydrogens is 234 g/mol. The maximum Gasteiger partial charge on any atom is 0.191 e. The van der Waals surface area contributed by atoms with Crippen molar-refractivity contribution in [3.63, 3.8) is 0 Å². The molecule has 2 rings (SSSR count). The topological polar surface area (TPSA) is 43.9 Å². The van der Waals surface area contributed by atoms with E-state index in [0.717, 1.165) is 10.2 Å².